The van der Waals surface area contributed by atoms with Gasteiger partial charge in [0.25, 0.3) is 11.1 Å². The summed E-state index contributed by atoms with van der Waals surface area (Å²) in [7, 11) is 0. The van der Waals surface area contributed by atoms with Crippen molar-refractivity contribution in [3.05, 3.63) is 88.3 Å². The first-order valence-electron chi connectivity index (χ1n) is 9.72. The standard InChI is InChI=1S/C22H18N4O3S2/c27-21(14-31-22-24-23-20(29-22)12-15-6-2-1-3-7-15)26-17(19-9-5-11-30-19)13-16(25-26)18-8-4-10-28-18/h1-11,17H,12-14H2/t17-/m0/s1. The van der Waals surface area contributed by atoms with Crippen molar-refractivity contribution in [2.75, 3.05) is 5.75 Å². The van der Waals surface area contributed by atoms with Crippen LogP contribution in [0.5, 0.6) is 0 Å². The lowest BCUT2D eigenvalue weighted by molar-refractivity contribution is -0.130. The van der Waals surface area contributed by atoms with Gasteiger partial charge in [0.05, 0.1) is 24.5 Å². The lowest BCUT2D eigenvalue weighted by Crippen LogP contribution is -2.28. The Kier molecular flexibility index (Phi) is 5.68. The minimum absolute atomic E-state index is 0.118. The van der Waals surface area contributed by atoms with Gasteiger partial charge in [-0.05, 0) is 29.1 Å². The smallest absolute Gasteiger partial charge is 0.277 e. The molecule has 1 aliphatic rings. The number of nitrogens with zero attached hydrogens (tertiary/aromatic N) is 4. The number of benzene rings is 1. The zero-order valence-corrected chi connectivity index (χ0v) is 18.0. The van der Waals surface area contributed by atoms with Crippen LogP contribution < -0.4 is 0 Å². The number of thioether (sulfide) groups is 1. The second-order valence-corrected chi connectivity index (χ2v) is 8.82. The molecule has 0 unspecified atom stereocenters. The molecule has 9 heteroatoms. The second-order valence-electron chi connectivity index (χ2n) is 6.91. The molecule has 31 heavy (non-hydrogen) atoms. The predicted octanol–water partition coefficient (Wildman–Crippen LogP) is 4.78. The number of carbonyl (C=O) groups excluding carboxylic acids is 1. The van der Waals surface area contributed by atoms with Crippen LogP contribution >= 0.6 is 23.1 Å². The number of amides is 1. The molecule has 3 aromatic heterocycles. The first-order valence-corrected chi connectivity index (χ1v) is 11.6. The number of aromatic nitrogens is 2. The minimum atomic E-state index is -0.135. The highest BCUT2D eigenvalue weighted by Crippen LogP contribution is 2.35. The maximum Gasteiger partial charge on any atom is 0.277 e. The highest BCUT2D eigenvalue weighted by Gasteiger charge is 2.34. The molecule has 0 bridgehead atoms. The fourth-order valence-electron chi connectivity index (χ4n) is 3.36. The quantitative estimate of drug-likeness (QED) is 0.377. The lowest BCUT2D eigenvalue weighted by Gasteiger charge is -2.20. The number of hydrogen-bond acceptors (Lipinski definition) is 8. The summed E-state index contributed by atoms with van der Waals surface area (Å²) >= 11 is 2.84. The number of hydrazone groups is 1. The SMILES string of the molecule is O=C(CSc1nnc(Cc2ccccc2)o1)N1N=C(c2ccco2)C[C@H]1c1cccs1. The topological polar surface area (TPSA) is 84.7 Å². The number of thiophene rings is 1. The Morgan fingerprint density at radius 3 is 2.81 bits per heavy atom. The van der Waals surface area contributed by atoms with Crippen molar-refractivity contribution in [1.82, 2.24) is 15.2 Å². The van der Waals surface area contributed by atoms with Crippen LogP contribution in [0.25, 0.3) is 0 Å². The van der Waals surface area contributed by atoms with E-state index in [1.165, 1.54) is 11.8 Å². The van der Waals surface area contributed by atoms with Crippen LogP contribution in [-0.2, 0) is 11.2 Å². The number of hydrogen-bond donors (Lipinski definition) is 0. The molecule has 0 radical (unpaired) electrons. The van der Waals surface area contributed by atoms with Gasteiger partial charge < -0.3 is 8.83 Å². The van der Waals surface area contributed by atoms with E-state index in [2.05, 4.69) is 15.3 Å². The molecule has 1 aromatic carbocycles. The zero-order chi connectivity index (χ0) is 21.0. The largest absolute Gasteiger partial charge is 0.463 e. The molecule has 4 aromatic rings. The van der Waals surface area contributed by atoms with Gasteiger partial charge in [-0.3, -0.25) is 4.79 Å². The van der Waals surface area contributed by atoms with Crippen LogP contribution in [0.2, 0.25) is 0 Å². The summed E-state index contributed by atoms with van der Waals surface area (Å²) in [4.78, 5) is 14.1. The van der Waals surface area contributed by atoms with Gasteiger partial charge in [0, 0.05) is 11.3 Å². The van der Waals surface area contributed by atoms with E-state index in [-0.39, 0.29) is 17.7 Å². The number of rotatable bonds is 7. The molecule has 0 spiro atoms. The Labute approximate surface area is 186 Å². The summed E-state index contributed by atoms with van der Waals surface area (Å²) in [5.41, 5.74) is 1.86. The molecule has 5 rings (SSSR count). The maximum absolute atomic E-state index is 13.0. The molecule has 0 saturated heterocycles. The Morgan fingerprint density at radius 1 is 1.13 bits per heavy atom. The average molecular weight is 451 g/mol. The van der Waals surface area contributed by atoms with Gasteiger partial charge in [-0.15, -0.1) is 21.5 Å². The van der Waals surface area contributed by atoms with Crippen LogP contribution in [0.3, 0.4) is 0 Å². The van der Waals surface area contributed by atoms with Crippen molar-refractivity contribution in [2.24, 2.45) is 5.10 Å². The van der Waals surface area contributed by atoms with Crippen LogP contribution in [0.1, 0.15) is 34.6 Å². The highest BCUT2D eigenvalue weighted by atomic mass is 32.2. The van der Waals surface area contributed by atoms with E-state index >= 15 is 0 Å². The molecule has 1 amide bonds. The third kappa shape index (κ3) is 4.47. The molecule has 0 fully saturated rings. The van der Waals surface area contributed by atoms with Crippen LogP contribution in [0.4, 0.5) is 0 Å². The van der Waals surface area contributed by atoms with Gasteiger partial charge in [0.15, 0.2) is 0 Å². The summed E-state index contributed by atoms with van der Waals surface area (Å²) in [6.07, 6.45) is 2.79. The van der Waals surface area contributed by atoms with E-state index in [1.54, 1.807) is 22.6 Å². The monoisotopic (exact) mass is 450 g/mol. The summed E-state index contributed by atoms with van der Waals surface area (Å²) in [6, 6.07) is 17.5. The Bertz CT molecular complexity index is 1170. The van der Waals surface area contributed by atoms with Gasteiger partial charge in [0.1, 0.15) is 11.5 Å². The molecule has 4 heterocycles. The van der Waals surface area contributed by atoms with Crippen molar-refractivity contribution < 1.29 is 13.6 Å². The predicted molar refractivity (Wildman–Crippen MR) is 118 cm³/mol. The molecule has 1 aliphatic heterocycles. The van der Waals surface area contributed by atoms with Crippen LogP contribution in [-0.4, -0.2) is 32.6 Å². The van der Waals surface area contributed by atoms with Gasteiger partial charge >= 0.3 is 0 Å². The summed E-state index contributed by atoms with van der Waals surface area (Å²) in [6.45, 7) is 0. The van der Waals surface area contributed by atoms with Crippen LogP contribution in [0, 0.1) is 0 Å². The molecule has 0 saturated carbocycles. The Balaban J connectivity index is 1.26. The molecular formula is C22H18N4O3S2. The summed E-state index contributed by atoms with van der Waals surface area (Å²) in [5, 5.41) is 16.7. The third-order valence-electron chi connectivity index (χ3n) is 4.81. The molecule has 7 nitrogen and oxygen atoms in total. The molecule has 1 atom stereocenters. The lowest BCUT2D eigenvalue weighted by atomic mass is 10.1. The molecule has 0 aliphatic carbocycles. The van der Waals surface area contributed by atoms with E-state index in [0.717, 1.165) is 16.2 Å². The van der Waals surface area contributed by atoms with Crippen molar-refractivity contribution in [3.8, 4) is 0 Å². The van der Waals surface area contributed by atoms with Crippen molar-refractivity contribution in [1.29, 1.82) is 0 Å². The number of carbonyl (C=O) groups is 1. The normalized spacial score (nSPS) is 15.9. The summed E-state index contributed by atoms with van der Waals surface area (Å²) in [5.74, 6) is 1.25. The fraction of sp³-hybridized carbons (Fsp3) is 0.182. The summed E-state index contributed by atoms with van der Waals surface area (Å²) < 4.78 is 11.2. The third-order valence-corrected chi connectivity index (χ3v) is 6.59. The van der Waals surface area contributed by atoms with Crippen molar-refractivity contribution in [2.45, 2.75) is 24.1 Å². The fourth-order valence-corrected chi connectivity index (χ4v) is 4.81. The first kappa shape index (κ1) is 19.8. The first-order chi connectivity index (χ1) is 15.3. The highest BCUT2D eigenvalue weighted by molar-refractivity contribution is 7.99. The Hall–Kier alpha value is -3.17. The maximum atomic E-state index is 13.0. The molecule has 156 valence electrons. The average Bonchev–Trinajstić information content (AvgIpc) is 3.59. The zero-order valence-electron chi connectivity index (χ0n) is 16.4. The second kappa shape index (κ2) is 8.91. The van der Waals surface area contributed by atoms with E-state index in [9.17, 15) is 4.79 Å². The van der Waals surface area contributed by atoms with Gasteiger partial charge in [0.2, 0.25) is 5.89 Å². The molecule has 0 N–H and O–H groups in total. The Morgan fingerprint density at radius 2 is 2.03 bits per heavy atom. The van der Waals surface area contributed by atoms with Crippen molar-refractivity contribution >= 4 is 34.7 Å². The van der Waals surface area contributed by atoms with Crippen LogP contribution in [0.15, 0.2) is 85.4 Å². The van der Waals surface area contributed by atoms with E-state index in [4.69, 9.17) is 8.83 Å². The van der Waals surface area contributed by atoms with E-state index in [0.29, 0.717) is 29.7 Å². The van der Waals surface area contributed by atoms with Crippen molar-refractivity contribution in [3.63, 3.8) is 0 Å². The van der Waals surface area contributed by atoms with E-state index < -0.39 is 0 Å². The number of furan rings is 1. The van der Waals surface area contributed by atoms with E-state index in [1.807, 2.05) is 60.0 Å². The van der Waals surface area contributed by atoms with Gasteiger partial charge in [-0.1, -0.05) is 48.2 Å². The van der Waals surface area contributed by atoms with Gasteiger partial charge in [-0.25, -0.2) is 5.01 Å². The molecular weight excluding hydrogens is 432 g/mol. The van der Waals surface area contributed by atoms with Gasteiger partial charge in [-0.2, -0.15) is 5.10 Å². The minimum Gasteiger partial charge on any atom is -0.463 e.